The second-order valence-electron chi connectivity index (χ2n) is 4.25. The third-order valence-corrected chi connectivity index (χ3v) is 3.61. The fourth-order valence-electron chi connectivity index (χ4n) is 1.48. The van der Waals surface area contributed by atoms with Gasteiger partial charge in [-0.3, -0.25) is 0 Å². The molecule has 2 aromatic carbocycles. The first-order valence-electron chi connectivity index (χ1n) is 6.36. The summed E-state index contributed by atoms with van der Waals surface area (Å²) in [6.45, 7) is 0. The Bertz CT molecular complexity index is 691. The Balaban J connectivity index is 1.87. The second kappa shape index (κ2) is 8.45. The molecule has 0 saturated carbocycles. The van der Waals surface area contributed by atoms with E-state index in [-0.39, 0.29) is 5.96 Å². The number of halogens is 2. The second-order valence-corrected chi connectivity index (χ2v) is 6.08. The van der Waals surface area contributed by atoms with Gasteiger partial charge in [-0.2, -0.15) is 5.10 Å². The minimum atomic E-state index is 0.168. The maximum atomic E-state index is 5.68. The number of nitrogens with zero attached hydrogens (tertiary/aromatic N) is 2. The van der Waals surface area contributed by atoms with E-state index < -0.39 is 0 Å². The van der Waals surface area contributed by atoms with E-state index in [9.17, 15) is 0 Å². The number of nitrogens with one attached hydrogen (secondary N) is 2. The Morgan fingerprint density at radius 2 is 1.50 bits per heavy atom. The topological polar surface area (TPSA) is 76.7 Å². The number of nitrogens with two attached hydrogens (primary N) is 1. The summed E-state index contributed by atoms with van der Waals surface area (Å²) in [6, 6.07) is 15.5. The molecular formula is C15H14Br2N5+. The number of rotatable bonds is 4. The van der Waals surface area contributed by atoms with Gasteiger partial charge in [-0.15, -0.1) is 15.6 Å². The van der Waals surface area contributed by atoms with Crippen molar-refractivity contribution < 1.29 is 5.10 Å². The monoisotopic (exact) mass is 422 g/mol. The van der Waals surface area contributed by atoms with Crippen LogP contribution in [0.5, 0.6) is 0 Å². The molecule has 0 aromatic heterocycles. The molecular weight excluding hydrogens is 410 g/mol. The molecule has 0 radical (unpaired) electrons. The molecule has 0 amide bonds. The van der Waals surface area contributed by atoms with Gasteiger partial charge < -0.3 is 5.73 Å². The number of hydrogen-bond donors (Lipinski definition) is 3. The number of hydrazone groups is 1. The van der Waals surface area contributed by atoms with Crippen molar-refractivity contribution in [1.29, 1.82) is 0 Å². The minimum absolute atomic E-state index is 0.168. The zero-order valence-electron chi connectivity index (χ0n) is 11.5. The fraction of sp³-hybridized carbons (Fsp3) is 0. The van der Waals surface area contributed by atoms with Crippen LogP contribution in [0.1, 0.15) is 11.1 Å². The van der Waals surface area contributed by atoms with Crippen molar-refractivity contribution in [2.75, 3.05) is 0 Å². The summed E-state index contributed by atoms with van der Waals surface area (Å²) >= 11 is 6.75. The Labute approximate surface area is 145 Å². The van der Waals surface area contributed by atoms with Gasteiger partial charge in [0.05, 0.1) is 6.21 Å². The van der Waals surface area contributed by atoms with E-state index >= 15 is 0 Å². The molecule has 2 aromatic rings. The molecule has 0 atom stereocenters. The quantitative estimate of drug-likeness (QED) is 0.396. The van der Waals surface area contributed by atoms with Crippen molar-refractivity contribution in [3.8, 4) is 0 Å². The lowest BCUT2D eigenvalue weighted by molar-refractivity contribution is -0.500. The van der Waals surface area contributed by atoms with Gasteiger partial charge in [-0.1, -0.05) is 44.0 Å². The van der Waals surface area contributed by atoms with Crippen molar-refractivity contribution >= 4 is 50.2 Å². The molecule has 7 heteroatoms. The maximum absolute atomic E-state index is 5.68. The molecule has 0 spiro atoms. The van der Waals surface area contributed by atoms with Crippen LogP contribution in [0.3, 0.4) is 0 Å². The summed E-state index contributed by atoms with van der Waals surface area (Å²) in [5.74, 6) is 0.168. The van der Waals surface area contributed by atoms with Gasteiger partial charge in [-0.25, -0.2) is 0 Å². The Morgan fingerprint density at radius 1 is 0.955 bits per heavy atom. The van der Waals surface area contributed by atoms with Crippen molar-refractivity contribution in [3.63, 3.8) is 0 Å². The van der Waals surface area contributed by atoms with E-state index in [1.807, 2.05) is 48.5 Å². The zero-order valence-corrected chi connectivity index (χ0v) is 14.7. The van der Waals surface area contributed by atoms with Gasteiger partial charge in [0.25, 0.3) is 5.96 Å². The van der Waals surface area contributed by atoms with Crippen LogP contribution in [0.15, 0.2) is 67.7 Å². The van der Waals surface area contributed by atoms with Crippen LogP contribution in [-0.4, -0.2) is 18.4 Å². The average Bonchev–Trinajstić information content (AvgIpc) is 2.51. The molecule has 0 unspecified atom stereocenters. The standard InChI is InChI=1S/C15H13Br2N5/c16-13-5-1-11(2-6-13)9-19-21-15(18)22-20-10-12-3-7-14(17)8-4-12/h1-10H,(H3,18,21,22)/p+1. The highest BCUT2D eigenvalue weighted by atomic mass is 79.9. The summed E-state index contributed by atoms with van der Waals surface area (Å²) in [7, 11) is 0. The number of guanidine groups is 1. The van der Waals surface area contributed by atoms with E-state index in [1.165, 1.54) is 0 Å². The first-order valence-corrected chi connectivity index (χ1v) is 7.94. The Kier molecular flexibility index (Phi) is 6.29. The van der Waals surface area contributed by atoms with E-state index in [1.54, 1.807) is 12.4 Å². The normalized spacial score (nSPS) is 12.2. The largest absolute Gasteiger partial charge is 0.364 e. The number of hydrogen-bond acceptors (Lipinski definition) is 2. The van der Waals surface area contributed by atoms with Crippen LogP contribution in [0.25, 0.3) is 0 Å². The third kappa shape index (κ3) is 5.79. The van der Waals surface area contributed by atoms with Gasteiger partial charge >= 0.3 is 0 Å². The van der Waals surface area contributed by atoms with Gasteiger partial charge in [0.2, 0.25) is 0 Å². The van der Waals surface area contributed by atoms with Gasteiger partial charge in [-0.05, 0) is 42.0 Å². The van der Waals surface area contributed by atoms with Crippen molar-refractivity contribution in [1.82, 2.24) is 5.43 Å². The molecule has 0 aliphatic carbocycles. The lowest BCUT2D eigenvalue weighted by Gasteiger charge is -1.93. The summed E-state index contributed by atoms with van der Waals surface area (Å²) in [4.78, 5) is 0. The maximum Gasteiger partial charge on any atom is 0.269 e. The van der Waals surface area contributed by atoms with E-state index in [0.29, 0.717) is 0 Å². The summed E-state index contributed by atoms with van der Waals surface area (Å²) < 4.78 is 2.04. The molecule has 4 N–H and O–H groups in total. The SMILES string of the molecule is NC(=NN=Cc1ccc(Br)cc1)N[NH+]=Cc1ccc(Br)cc1. The lowest BCUT2D eigenvalue weighted by Crippen LogP contribution is -2.82. The molecule has 0 saturated heterocycles. The third-order valence-electron chi connectivity index (χ3n) is 2.55. The van der Waals surface area contributed by atoms with E-state index in [4.69, 9.17) is 5.73 Å². The van der Waals surface area contributed by atoms with E-state index in [0.717, 1.165) is 20.1 Å². The first kappa shape index (κ1) is 16.4. The van der Waals surface area contributed by atoms with Gasteiger partial charge in [0, 0.05) is 14.5 Å². The highest BCUT2D eigenvalue weighted by molar-refractivity contribution is 9.10. The van der Waals surface area contributed by atoms with Crippen LogP contribution >= 0.6 is 31.9 Å². The molecule has 22 heavy (non-hydrogen) atoms. The number of hydrazine groups is 1. The molecule has 0 aliphatic rings. The smallest absolute Gasteiger partial charge is 0.269 e. The molecule has 0 fully saturated rings. The number of benzene rings is 2. The lowest BCUT2D eigenvalue weighted by atomic mass is 10.2. The molecule has 2 rings (SSSR count). The molecule has 5 nitrogen and oxygen atoms in total. The summed E-state index contributed by atoms with van der Waals surface area (Å²) in [5.41, 5.74) is 10.3. The zero-order chi connectivity index (χ0) is 15.8. The predicted molar refractivity (Wildman–Crippen MR) is 96.8 cm³/mol. The van der Waals surface area contributed by atoms with Crippen LogP contribution in [-0.2, 0) is 0 Å². The average molecular weight is 424 g/mol. The van der Waals surface area contributed by atoms with Crippen LogP contribution in [0, 0.1) is 0 Å². The highest BCUT2D eigenvalue weighted by Crippen LogP contribution is 2.09. The van der Waals surface area contributed by atoms with Crippen LogP contribution in [0.4, 0.5) is 0 Å². The van der Waals surface area contributed by atoms with Gasteiger partial charge in [0.15, 0.2) is 6.21 Å². The Morgan fingerprint density at radius 3 is 2.09 bits per heavy atom. The molecule has 0 heterocycles. The van der Waals surface area contributed by atoms with Gasteiger partial charge in [0.1, 0.15) is 0 Å². The van der Waals surface area contributed by atoms with E-state index in [2.05, 4.69) is 52.6 Å². The van der Waals surface area contributed by atoms with Crippen LogP contribution < -0.4 is 16.3 Å². The van der Waals surface area contributed by atoms with Crippen molar-refractivity contribution in [2.45, 2.75) is 0 Å². The molecule has 0 aliphatic heterocycles. The van der Waals surface area contributed by atoms with Crippen molar-refractivity contribution in [2.24, 2.45) is 15.9 Å². The first-order chi connectivity index (χ1) is 10.6. The Hall–Kier alpha value is -1.99. The summed E-state index contributed by atoms with van der Waals surface area (Å²) in [6.07, 6.45) is 3.40. The predicted octanol–water partition coefficient (Wildman–Crippen LogP) is 1.56. The minimum Gasteiger partial charge on any atom is -0.364 e. The summed E-state index contributed by atoms with van der Waals surface area (Å²) in [5, 5.41) is 10.6. The molecule has 112 valence electrons. The fourth-order valence-corrected chi connectivity index (χ4v) is 2.01. The highest BCUT2D eigenvalue weighted by Gasteiger charge is 1.94. The molecule has 0 bridgehead atoms. The van der Waals surface area contributed by atoms with Crippen molar-refractivity contribution in [3.05, 3.63) is 68.6 Å². The van der Waals surface area contributed by atoms with Crippen LogP contribution in [0.2, 0.25) is 0 Å².